The van der Waals surface area contributed by atoms with Gasteiger partial charge in [0.05, 0.1) is 16.9 Å². The van der Waals surface area contributed by atoms with E-state index in [1.807, 2.05) is 19.2 Å². The number of para-hydroxylation sites is 1. The minimum atomic E-state index is 0.385. The minimum absolute atomic E-state index is 0.385. The minimum Gasteiger partial charge on any atom is -0.396 e. The molecule has 1 aromatic rings. The number of hydrogen-bond acceptors (Lipinski definition) is 3. The fourth-order valence-corrected chi connectivity index (χ4v) is 1.62. The Bertz CT molecular complexity index is 404. The van der Waals surface area contributed by atoms with Crippen molar-refractivity contribution < 1.29 is 0 Å². The lowest BCUT2D eigenvalue weighted by molar-refractivity contribution is 0.506. The normalized spacial score (nSPS) is 12.2. The van der Waals surface area contributed by atoms with Gasteiger partial charge in [-0.15, -0.1) is 0 Å². The molecule has 0 aromatic heterocycles. The number of nitrogen functional groups attached to an aromatic ring is 1. The van der Waals surface area contributed by atoms with Crippen LogP contribution >= 0.6 is 0 Å². The highest BCUT2D eigenvalue weighted by atomic mass is 15.1. The topological polar surface area (TPSA) is 53.0 Å². The van der Waals surface area contributed by atoms with Crippen molar-refractivity contribution in [3.05, 3.63) is 23.8 Å². The molecule has 0 saturated heterocycles. The average Bonchev–Trinajstić information content (AvgIpc) is 2.27. The summed E-state index contributed by atoms with van der Waals surface area (Å²) in [6.45, 7) is 6.50. The molecule has 16 heavy (non-hydrogen) atoms. The van der Waals surface area contributed by atoms with Crippen LogP contribution in [-0.2, 0) is 0 Å². The molecule has 0 bridgehead atoms. The van der Waals surface area contributed by atoms with E-state index in [4.69, 9.17) is 11.0 Å². The van der Waals surface area contributed by atoms with Crippen molar-refractivity contribution in [2.24, 2.45) is 5.92 Å². The van der Waals surface area contributed by atoms with Crippen molar-refractivity contribution in [2.75, 3.05) is 17.7 Å². The molecule has 0 amide bonds. The van der Waals surface area contributed by atoms with E-state index in [2.05, 4.69) is 31.7 Å². The van der Waals surface area contributed by atoms with Crippen LogP contribution in [0.4, 0.5) is 11.4 Å². The monoisotopic (exact) mass is 217 g/mol. The van der Waals surface area contributed by atoms with Gasteiger partial charge in [-0.05, 0) is 25.0 Å². The molecule has 3 heteroatoms. The molecule has 1 aromatic carbocycles. The number of nitrogens with zero attached hydrogens (tertiary/aromatic N) is 2. The van der Waals surface area contributed by atoms with Crippen molar-refractivity contribution in [2.45, 2.75) is 26.8 Å². The molecule has 0 radical (unpaired) electrons. The van der Waals surface area contributed by atoms with E-state index in [0.29, 0.717) is 23.2 Å². The number of rotatable bonds is 3. The molecule has 1 atom stereocenters. The summed E-state index contributed by atoms with van der Waals surface area (Å²) in [5.41, 5.74) is 8.01. The molecule has 1 unspecified atom stereocenters. The molecule has 0 aliphatic rings. The van der Waals surface area contributed by atoms with Crippen molar-refractivity contribution in [3.63, 3.8) is 0 Å². The lowest BCUT2D eigenvalue weighted by atomic mass is 10.0. The number of hydrogen-bond donors (Lipinski definition) is 1. The van der Waals surface area contributed by atoms with Gasteiger partial charge in [-0.1, -0.05) is 19.9 Å². The van der Waals surface area contributed by atoms with Crippen LogP contribution in [-0.4, -0.2) is 13.1 Å². The molecular formula is C13H19N3. The summed E-state index contributed by atoms with van der Waals surface area (Å²) >= 11 is 0. The number of nitrogens with two attached hydrogens (primary N) is 1. The highest BCUT2D eigenvalue weighted by molar-refractivity contribution is 5.74. The van der Waals surface area contributed by atoms with Crippen LogP contribution < -0.4 is 10.6 Å². The van der Waals surface area contributed by atoms with Gasteiger partial charge in [-0.3, -0.25) is 0 Å². The summed E-state index contributed by atoms with van der Waals surface area (Å²) in [6, 6.07) is 8.06. The molecule has 0 fully saturated rings. The first-order chi connectivity index (χ1) is 7.49. The maximum absolute atomic E-state index is 8.92. The van der Waals surface area contributed by atoms with Crippen molar-refractivity contribution in [1.82, 2.24) is 0 Å². The predicted octanol–water partition coefficient (Wildman–Crippen LogP) is 2.62. The Labute approximate surface area is 97.5 Å². The zero-order valence-corrected chi connectivity index (χ0v) is 10.4. The summed E-state index contributed by atoms with van der Waals surface area (Å²) in [5.74, 6) is 0.537. The van der Waals surface area contributed by atoms with Crippen molar-refractivity contribution >= 4 is 11.4 Å². The maximum Gasteiger partial charge on any atom is 0.101 e. The van der Waals surface area contributed by atoms with E-state index in [9.17, 15) is 0 Å². The Balaban J connectivity index is 3.10. The highest BCUT2D eigenvalue weighted by Gasteiger charge is 2.16. The lowest BCUT2D eigenvalue weighted by Crippen LogP contribution is -2.33. The third-order valence-electron chi connectivity index (χ3n) is 3.16. The molecule has 0 heterocycles. The standard InChI is InChI=1S/C13H19N3/c1-9(2)10(3)16(4)12-7-5-6-11(8-14)13(12)15/h5-7,9-10H,15H2,1-4H3. The second-order valence-corrected chi connectivity index (χ2v) is 4.45. The summed E-state index contributed by atoms with van der Waals surface area (Å²) in [5, 5.41) is 8.92. The third kappa shape index (κ3) is 2.27. The SMILES string of the molecule is CC(C)C(C)N(C)c1cccc(C#N)c1N. The quantitative estimate of drug-likeness (QED) is 0.792. The Hall–Kier alpha value is -1.69. The van der Waals surface area contributed by atoms with E-state index in [0.717, 1.165) is 5.69 Å². The molecule has 3 nitrogen and oxygen atoms in total. The van der Waals surface area contributed by atoms with Crippen LogP contribution in [0.5, 0.6) is 0 Å². The molecular weight excluding hydrogens is 198 g/mol. The van der Waals surface area contributed by atoms with E-state index in [1.54, 1.807) is 6.07 Å². The van der Waals surface area contributed by atoms with E-state index in [-0.39, 0.29) is 0 Å². The summed E-state index contributed by atoms with van der Waals surface area (Å²) in [7, 11) is 2.01. The Morgan fingerprint density at radius 2 is 1.94 bits per heavy atom. The number of anilines is 2. The summed E-state index contributed by atoms with van der Waals surface area (Å²) in [4.78, 5) is 2.13. The van der Waals surface area contributed by atoms with Crippen LogP contribution in [0.3, 0.4) is 0 Å². The van der Waals surface area contributed by atoms with Gasteiger partial charge in [-0.25, -0.2) is 0 Å². The van der Waals surface area contributed by atoms with Gasteiger partial charge in [0.1, 0.15) is 6.07 Å². The molecule has 0 saturated carbocycles. The molecule has 86 valence electrons. The Kier molecular flexibility index (Phi) is 3.78. The average molecular weight is 217 g/mol. The summed E-state index contributed by atoms with van der Waals surface area (Å²) in [6.07, 6.45) is 0. The maximum atomic E-state index is 8.92. The van der Waals surface area contributed by atoms with Gasteiger partial charge in [0, 0.05) is 13.1 Å². The van der Waals surface area contributed by atoms with E-state index in [1.165, 1.54) is 0 Å². The first kappa shape index (κ1) is 12.4. The van der Waals surface area contributed by atoms with Gasteiger partial charge in [0.2, 0.25) is 0 Å². The first-order valence-corrected chi connectivity index (χ1v) is 5.50. The van der Waals surface area contributed by atoms with Gasteiger partial charge < -0.3 is 10.6 Å². The fourth-order valence-electron chi connectivity index (χ4n) is 1.62. The molecule has 2 N–H and O–H groups in total. The summed E-state index contributed by atoms with van der Waals surface area (Å²) < 4.78 is 0. The zero-order valence-electron chi connectivity index (χ0n) is 10.4. The first-order valence-electron chi connectivity index (χ1n) is 5.50. The van der Waals surface area contributed by atoms with Gasteiger partial charge in [0.25, 0.3) is 0 Å². The van der Waals surface area contributed by atoms with Crippen LogP contribution in [0.1, 0.15) is 26.3 Å². The van der Waals surface area contributed by atoms with Gasteiger partial charge in [-0.2, -0.15) is 5.26 Å². The molecule has 1 rings (SSSR count). The smallest absolute Gasteiger partial charge is 0.101 e. The van der Waals surface area contributed by atoms with Crippen LogP contribution in [0, 0.1) is 17.2 Å². The fraction of sp³-hybridized carbons (Fsp3) is 0.462. The van der Waals surface area contributed by atoms with Crippen LogP contribution in [0.15, 0.2) is 18.2 Å². The second-order valence-electron chi connectivity index (χ2n) is 4.45. The highest BCUT2D eigenvalue weighted by Crippen LogP contribution is 2.28. The van der Waals surface area contributed by atoms with Gasteiger partial charge >= 0.3 is 0 Å². The van der Waals surface area contributed by atoms with Crippen molar-refractivity contribution in [1.29, 1.82) is 5.26 Å². The lowest BCUT2D eigenvalue weighted by Gasteiger charge is -2.31. The number of benzene rings is 1. The van der Waals surface area contributed by atoms with Gasteiger partial charge in [0.15, 0.2) is 0 Å². The Morgan fingerprint density at radius 1 is 1.31 bits per heavy atom. The Morgan fingerprint density at radius 3 is 2.44 bits per heavy atom. The molecule has 0 aliphatic heterocycles. The largest absolute Gasteiger partial charge is 0.396 e. The van der Waals surface area contributed by atoms with Crippen LogP contribution in [0.2, 0.25) is 0 Å². The number of nitriles is 1. The predicted molar refractivity (Wildman–Crippen MR) is 68.3 cm³/mol. The second kappa shape index (κ2) is 4.89. The molecule has 0 spiro atoms. The van der Waals surface area contributed by atoms with E-state index >= 15 is 0 Å². The van der Waals surface area contributed by atoms with Crippen molar-refractivity contribution in [3.8, 4) is 6.07 Å². The van der Waals surface area contributed by atoms with E-state index < -0.39 is 0 Å². The third-order valence-corrected chi connectivity index (χ3v) is 3.16. The van der Waals surface area contributed by atoms with Crippen LogP contribution in [0.25, 0.3) is 0 Å². The zero-order chi connectivity index (χ0) is 12.3. The molecule has 0 aliphatic carbocycles.